The van der Waals surface area contributed by atoms with E-state index in [1.807, 2.05) is 36.4 Å². The average Bonchev–Trinajstić information content (AvgIpc) is 2.30. The summed E-state index contributed by atoms with van der Waals surface area (Å²) in [6.07, 6.45) is 1.78. The quantitative estimate of drug-likeness (QED) is 0.827. The van der Waals surface area contributed by atoms with Crippen molar-refractivity contribution in [3.63, 3.8) is 0 Å². The van der Waals surface area contributed by atoms with Gasteiger partial charge in [-0.3, -0.25) is 4.98 Å². The third-order valence-corrected chi connectivity index (χ3v) is 2.74. The molecule has 0 fully saturated rings. The van der Waals surface area contributed by atoms with Crippen molar-refractivity contribution in [2.75, 3.05) is 7.11 Å². The van der Waals surface area contributed by atoms with Gasteiger partial charge in [0.05, 0.1) is 12.8 Å². The smallest absolute Gasteiger partial charge is 0.119 e. The normalized spacial score (nSPS) is 10.0. The van der Waals surface area contributed by atoms with Gasteiger partial charge in [0, 0.05) is 16.2 Å². The van der Waals surface area contributed by atoms with Crippen LogP contribution in [0.1, 0.15) is 0 Å². The van der Waals surface area contributed by atoms with E-state index in [9.17, 15) is 0 Å². The summed E-state index contributed by atoms with van der Waals surface area (Å²) in [6, 6.07) is 11.7. The van der Waals surface area contributed by atoms with Gasteiger partial charge in [0.1, 0.15) is 5.75 Å². The fourth-order valence-corrected chi connectivity index (χ4v) is 1.85. The Balaban J connectivity index is 2.49. The monoisotopic (exact) mass is 263 g/mol. The Bertz CT molecular complexity index is 471. The Hall–Kier alpha value is -1.35. The molecule has 0 saturated heterocycles. The van der Waals surface area contributed by atoms with Crippen molar-refractivity contribution >= 4 is 15.9 Å². The van der Waals surface area contributed by atoms with Gasteiger partial charge in [0.2, 0.25) is 0 Å². The van der Waals surface area contributed by atoms with Crippen LogP contribution in [0.15, 0.2) is 47.1 Å². The van der Waals surface area contributed by atoms with E-state index in [1.54, 1.807) is 13.3 Å². The summed E-state index contributed by atoms with van der Waals surface area (Å²) in [6.45, 7) is 0. The fourth-order valence-electron chi connectivity index (χ4n) is 1.37. The SMILES string of the molecule is COc1cccc(-c2ncccc2Br)c1. The molecule has 76 valence electrons. The summed E-state index contributed by atoms with van der Waals surface area (Å²) in [7, 11) is 1.66. The van der Waals surface area contributed by atoms with E-state index in [4.69, 9.17) is 4.74 Å². The molecule has 0 atom stereocenters. The number of aromatic nitrogens is 1. The summed E-state index contributed by atoms with van der Waals surface area (Å²) in [5, 5.41) is 0. The van der Waals surface area contributed by atoms with E-state index in [-0.39, 0.29) is 0 Å². The number of nitrogens with zero attached hydrogens (tertiary/aromatic N) is 1. The summed E-state index contributed by atoms with van der Waals surface area (Å²) < 4.78 is 6.16. The lowest BCUT2D eigenvalue weighted by Gasteiger charge is -2.05. The maximum Gasteiger partial charge on any atom is 0.119 e. The highest BCUT2D eigenvalue weighted by atomic mass is 79.9. The molecule has 15 heavy (non-hydrogen) atoms. The lowest BCUT2D eigenvalue weighted by atomic mass is 10.1. The Labute approximate surface area is 97.1 Å². The van der Waals surface area contributed by atoms with Crippen molar-refractivity contribution in [3.05, 3.63) is 47.1 Å². The first-order valence-corrected chi connectivity index (χ1v) is 5.35. The number of hydrogen-bond acceptors (Lipinski definition) is 2. The first-order valence-electron chi connectivity index (χ1n) is 4.56. The van der Waals surface area contributed by atoms with Crippen LogP contribution in [0.4, 0.5) is 0 Å². The first-order chi connectivity index (χ1) is 7.31. The molecule has 0 spiro atoms. The molecule has 0 aliphatic rings. The largest absolute Gasteiger partial charge is 0.497 e. The Kier molecular flexibility index (Phi) is 3.02. The number of methoxy groups -OCH3 is 1. The molecule has 0 N–H and O–H groups in total. The third-order valence-electron chi connectivity index (χ3n) is 2.10. The van der Waals surface area contributed by atoms with Crippen LogP contribution >= 0.6 is 15.9 Å². The van der Waals surface area contributed by atoms with Crippen LogP contribution in [0.5, 0.6) is 5.75 Å². The van der Waals surface area contributed by atoms with E-state index in [0.29, 0.717) is 0 Å². The van der Waals surface area contributed by atoms with Crippen molar-refractivity contribution in [1.29, 1.82) is 0 Å². The predicted molar refractivity (Wildman–Crippen MR) is 63.9 cm³/mol. The maximum atomic E-state index is 5.17. The van der Waals surface area contributed by atoms with Crippen LogP contribution in [0.25, 0.3) is 11.3 Å². The summed E-state index contributed by atoms with van der Waals surface area (Å²) in [5.41, 5.74) is 1.97. The standard InChI is InChI=1S/C12H10BrNO/c1-15-10-5-2-4-9(8-10)12-11(13)6-3-7-14-12/h2-8H,1H3. The second-order valence-corrected chi connectivity index (χ2v) is 3.92. The minimum atomic E-state index is 0.838. The van der Waals surface area contributed by atoms with E-state index < -0.39 is 0 Å². The molecule has 0 radical (unpaired) electrons. The van der Waals surface area contributed by atoms with Gasteiger partial charge in [-0.1, -0.05) is 12.1 Å². The second kappa shape index (κ2) is 4.45. The van der Waals surface area contributed by atoms with E-state index >= 15 is 0 Å². The van der Waals surface area contributed by atoms with E-state index in [1.165, 1.54) is 0 Å². The van der Waals surface area contributed by atoms with Gasteiger partial charge in [0.15, 0.2) is 0 Å². The van der Waals surface area contributed by atoms with Crippen molar-refractivity contribution in [2.24, 2.45) is 0 Å². The van der Waals surface area contributed by atoms with E-state index in [2.05, 4.69) is 20.9 Å². The molecule has 0 saturated carbocycles. The second-order valence-electron chi connectivity index (χ2n) is 3.07. The van der Waals surface area contributed by atoms with Crippen LogP contribution in [0.3, 0.4) is 0 Å². The highest BCUT2D eigenvalue weighted by Crippen LogP contribution is 2.27. The van der Waals surface area contributed by atoms with Crippen LogP contribution in [-0.4, -0.2) is 12.1 Å². The average molecular weight is 264 g/mol. The molecule has 3 heteroatoms. The molecule has 2 aromatic rings. The number of ether oxygens (including phenoxy) is 1. The molecule has 0 aliphatic carbocycles. The molecule has 2 nitrogen and oxygen atoms in total. The lowest BCUT2D eigenvalue weighted by Crippen LogP contribution is -1.86. The van der Waals surface area contributed by atoms with Crippen LogP contribution < -0.4 is 4.74 Å². The molecule has 0 amide bonds. The van der Waals surface area contributed by atoms with Gasteiger partial charge >= 0.3 is 0 Å². The van der Waals surface area contributed by atoms with Gasteiger partial charge in [0.25, 0.3) is 0 Å². The molecule has 1 heterocycles. The Morgan fingerprint density at radius 1 is 1.20 bits per heavy atom. The van der Waals surface area contributed by atoms with E-state index in [0.717, 1.165) is 21.5 Å². The molecule has 0 aliphatic heterocycles. The fraction of sp³-hybridized carbons (Fsp3) is 0.0833. The minimum absolute atomic E-state index is 0.838. The molecule has 2 rings (SSSR count). The highest BCUT2D eigenvalue weighted by Gasteiger charge is 2.04. The minimum Gasteiger partial charge on any atom is -0.497 e. The molecule has 1 aromatic carbocycles. The third kappa shape index (κ3) is 2.18. The van der Waals surface area contributed by atoms with Crippen LogP contribution in [0, 0.1) is 0 Å². The number of hydrogen-bond donors (Lipinski definition) is 0. The molecular weight excluding hydrogens is 254 g/mol. The topological polar surface area (TPSA) is 22.1 Å². The first kappa shape index (κ1) is 10.2. The highest BCUT2D eigenvalue weighted by molar-refractivity contribution is 9.10. The number of rotatable bonds is 2. The van der Waals surface area contributed by atoms with Crippen molar-refractivity contribution < 1.29 is 4.74 Å². The molecular formula is C12H10BrNO. The van der Waals surface area contributed by atoms with Gasteiger partial charge in [-0.2, -0.15) is 0 Å². The predicted octanol–water partition coefficient (Wildman–Crippen LogP) is 3.52. The van der Waals surface area contributed by atoms with Gasteiger partial charge in [-0.25, -0.2) is 0 Å². The zero-order valence-corrected chi connectivity index (χ0v) is 9.86. The Morgan fingerprint density at radius 3 is 2.80 bits per heavy atom. The van der Waals surface area contributed by atoms with Gasteiger partial charge in [-0.05, 0) is 40.2 Å². The summed E-state index contributed by atoms with van der Waals surface area (Å²) >= 11 is 3.48. The lowest BCUT2D eigenvalue weighted by molar-refractivity contribution is 0.415. The van der Waals surface area contributed by atoms with Crippen LogP contribution in [-0.2, 0) is 0 Å². The zero-order chi connectivity index (χ0) is 10.7. The summed E-state index contributed by atoms with van der Waals surface area (Å²) in [5.74, 6) is 0.838. The van der Waals surface area contributed by atoms with Crippen molar-refractivity contribution in [1.82, 2.24) is 4.98 Å². The van der Waals surface area contributed by atoms with Gasteiger partial charge in [-0.15, -0.1) is 0 Å². The number of benzene rings is 1. The Morgan fingerprint density at radius 2 is 2.07 bits per heavy atom. The number of halogens is 1. The van der Waals surface area contributed by atoms with Crippen molar-refractivity contribution in [3.8, 4) is 17.0 Å². The zero-order valence-electron chi connectivity index (χ0n) is 8.27. The number of pyridine rings is 1. The van der Waals surface area contributed by atoms with Gasteiger partial charge < -0.3 is 4.74 Å². The van der Waals surface area contributed by atoms with Crippen LogP contribution in [0.2, 0.25) is 0 Å². The molecule has 0 unspecified atom stereocenters. The molecule has 1 aromatic heterocycles. The molecule has 0 bridgehead atoms. The summed E-state index contributed by atoms with van der Waals surface area (Å²) in [4.78, 5) is 4.32. The maximum absolute atomic E-state index is 5.17. The van der Waals surface area contributed by atoms with Crippen molar-refractivity contribution in [2.45, 2.75) is 0 Å².